The lowest BCUT2D eigenvalue weighted by molar-refractivity contribution is -0.127. The Morgan fingerprint density at radius 3 is 2.50 bits per heavy atom. The summed E-state index contributed by atoms with van der Waals surface area (Å²) < 4.78 is 7.41. The van der Waals surface area contributed by atoms with Gasteiger partial charge < -0.3 is 21.1 Å². The number of anilines is 1. The minimum absolute atomic E-state index is 0.143. The van der Waals surface area contributed by atoms with Crippen LogP contribution in [0.4, 0.5) is 5.82 Å². The van der Waals surface area contributed by atoms with Crippen LogP contribution in [0.3, 0.4) is 0 Å². The summed E-state index contributed by atoms with van der Waals surface area (Å²) in [6.07, 6.45) is 3.87. The van der Waals surface area contributed by atoms with Crippen molar-refractivity contribution < 1.29 is 14.3 Å². The third-order valence-corrected chi connectivity index (χ3v) is 5.66. The lowest BCUT2D eigenvalue weighted by atomic mass is 10.1. The molecule has 1 saturated heterocycles. The molecule has 1 aromatic heterocycles. The van der Waals surface area contributed by atoms with Gasteiger partial charge in [0.05, 0.1) is 12.1 Å². The Bertz CT molecular complexity index is 1260. The van der Waals surface area contributed by atoms with Crippen molar-refractivity contribution in [2.45, 2.75) is 18.9 Å². The zero-order valence-corrected chi connectivity index (χ0v) is 18.4. The molecule has 9 heteroatoms. The van der Waals surface area contributed by atoms with Gasteiger partial charge in [0.15, 0.2) is 0 Å². The zero-order valence-electron chi connectivity index (χ0n) is 18.4. The second-order valence-corrected chi connectivity index (χ2v) is 7.90. The van der Waals surface area contributed by atoms with Crippen molar-refractivity contribution in [2.24, 2.45) is 5.73 Å². The van der Waals surface area contributed by atoms with Gasteiger partial charge in [-0.3, -0.25) is 9.59 Å². The fraction of sp³-hybridized carbons (Fsp3) is 0.200. The van der Waals surface area contributed by atoms with E-state index in [0.29, 0.717) is 35.8 Å². The van der Waals surface area contributed by atoms with E-state index in [1.54, 1.807) is 33.8 Å². The van der Waals surface area contributed by atoms with Gasteiger partial charge in [-0.1, -0.05) is 18.2 Å². The molecular weight excluding hydrogens is 432 g/mol. The molecule has 0 spiro atoms. The molecule has 9 nitrogen and oxygen atoms in total. The number of primary amides is 1. The first-order valence-electron chi connectivity index (χ1n) is 10.8. The van der Waals surface area contributed by atoms with Crippen molar-refractivity contribution in [3.8, 4) is 28.8 Å². The number of ether oxygens (including phenoxy) is 1. The summed E-state index contributed by atoms with van der Waals surface area (Å²) in [6.45, 7) is 0.937. The van der Waals surface area contributed by atoms with Crippen LogP contribution in [0.15, 0.2) is 66.7 Å². The molecule has 0 aliphatic carbocycles. The Kier molecular flexibility index (Phi) is 6.59. The number of likely N-dealkylation sites (tertiary alicyclic amines) is 1. The number of amides is 2. The molecule has 2 heterocycles. The number of nitrogens with two attached hydrogens (primary N) is 2. The molecule has 4 N–H and O–H groups in total. The van der Waals surface area contributed by atoms with Gasteiger partial charge in [-0.15, -0.1) is 0 Å². The molecule has 1 fully saturated rings. The van der Waals surface area contributed by atoms with Crippen LogP contribution in [-0.4, -0.2) is 39.6 Å². The molecule has 172 valence electrons. The van der Waals surface area contributed by atoms with Gasteiger partial charge >= 0.3 is 0 Å². The van der Waals surface area contributed by atoms with Gasteiger partial charge in [-0.2, -0.15) is 10.4 Å². The maximum absolute atomic E-state index is 12.3. The second-order valence-electron chi connectivity index (χ2n) is 7.90. The SMILES string of the molecule is N#C/C=C/C(=O)N1CCCC(n2nc(-c3ccc(Oc4ccccc4)cc3)c(C(N)=O)c2N)C1. The predicted octanol–water partition coefficient (Wildman–Crippen LogP) is 3.27. The Balaban J connectivity index is 1.61. The van der Waals surface area contributed by atoms with Crippen LogP contribution in [0.1, 0.15) is 29.2 Å². The summed E-state index contributed by atoms with van der Waals surface area (Å²) in [4.78, 5) is 26.2. The van der Waals surface area contributed by atoms with E-state index in [1.165, 1.54) is 6.08 Å². The lowest BCUT2D eigenvalue weighted by Crippen LogP contribution is -2.40. The Hall–Kier alpha value is -4.58. The Morgan fingerprint density at radius 2 is 1.82 bits per heavy atom. The third-order valence-electron chi connectivity index (χ3n) is 5.66. The zero-order chi connectivity index (χ0) is 24.1. The summed E-state index contributed by atoms with van der Waals surface area (Å²) >= 11 is 0. The van der Waals surface area contributed by atoms with Crippen LogP contribution in [0, 0.1) is 11.3 Å². The molecule has 2 aromatic carbocycles. The van der Waals surface area contributed by atoms with Crippen molar-refractivity contribution in [3.05, 3.63) is 72.3 Å². The minimum atomic E-state index is -0.677. The number of benzene rings is 2. The standard InChI is InChI=1S/C25H24N6O3/c26-14-4-9-21(32)30-15-5-6-18(16-30)31-24(27)22(25(28)33)23(29-31)17-10-12-20(13-11-17)34-19-7-2-1-3-8-19/h1-4,7-13,18H,5-6,15-16,27H2,(H2,28,33)/b9-4+. The Labute approximate surface area is 196 Å². The van der Waals surface area contributed by atoms with E-state index in [-0.39, 0.29) is 23.3 Å². The topological polar surface area (TPSA) is 140 Å². The average Bonchev–Trinajstić information content (AvgIpc) is 3.21. The van der Waals surface area contributed by atoms with Crippen LogP contribution in [0.25, 0.3) is 11.3 Å². The largest absolute Gasteiger partial charge is 0.457 e. The monoisotopic (exact) mass is 456 g/mol. The van der Waals surface area contributed by atoms with E-state index in [9.17, 15) is 9.59 Å². The molecule has 3 aromatic rings. The van der Waals surface area contributed by atoms with E-state index >= 15 is 0 Å². The molecule has 1 unspecified atom stereocenters. The molecular formula is C25H24N6O3. The number of allylic oxidation sites excluding steroid dienone is 1. The van der Waals surface area contributed by atoms with Gasteiger partial charge in [-0.25, -0.2) is 4.68 Å². The minimum Gasteiger partial charge on any atom is -0.457 e. The van der Waals surface area contributed by atoms with Crippen LogP contribution < -0.4 is 16.2 Å². The maximum Gasteiger partial charge on any atom is 0.254 e. The highest BCUT2D eigenvalue weighted by molar-refractivity contribution is 6.03. The van der Waals surface area contributed by atoms with Gasteiger partial charge in [0.1, 0.15) is 28.6 Å². The number of carbonyl (C=O) groups excluding carboxylic acids is 2. The summed E-state index contributed by atoms with van der Waals surface area (Å²) in [5.41, 5.74) is 13.2. The van der Waals surface area contributed by atoms with Crippen molar-refractivity contribution >= 4 is 17.6 Å². The number of carbonyl (C=O) groups is 2. The quantitative estimate of drug-likeness (QED) is 0.431. The summed E-state index contributed by atoms with van der Waals surface area (Å²) in [5, 5.41) is 13.3. The highest BCUT2D eigenvalue weighted by Gasteiger charge is 2.29. The van der Waals surface area contributed by atoms with E-state index in [4.69, 9.17) is 21.5 Å². The fourth-order valence-corrected chi connectivity index (χ4v) is 4.04. The van der Waals surface area contributed by atoms with Gasteiger partial charge in [0.25, 0.3) is 5.91 Å². The molecule has 1 atom stereocenters. The van der Waals surface area contributed by atoms with Crippen molar-refractivity contribution in [2.75, 3.05) is 18.8 Å². The van der Waals surface area contributed by atoms with Gasteiger partial charge in [-0.05, 0) is 49.2 Å². The van der Waals surface area contributed by atoms with Crippen LogP contribution in [-0.2, 0) is 4.79 Å². The molecule has 1 aliphatic heterocycles. The van der Waals surface area contributed by atoms with E-state index < -0.39 is 5.91 Å². The number of rotatable bonds is 6. The lowest BCUT2D eigenvalue weighted by Gasteiger charge is -2.32. The first-order valence-corrected chi connectivity index (χ1v) is 10.8. The maximum atomic E-state index is 12.3. The van der Waals surface area contributed by atoms with Crippen LogP contribution in [0.2, 0.25) is 0 Å². The number of hydrogen-bond donors (Lipinski definition) is 2. The van der Waals surface area contributed by atoms with Gasteiger partial charge in [0.2, 0.25) is 5.91 Å². The first-order chi connectivity index (χ1) is 16.5. The number of nitriles is 1. The van der Waals surface area contributed by atoms with Crippen molar-refractivity contribution in [3.63, 3.8) is 0 Å². The number of para-hydroxylation sites is 1. The Morgan fingerprint density at radius 1 is 1.12 bits per heavy atom. The van der Waals surface area contributed by atoms with E-state index in [1.807, 2.05) is 36.4 Å². The van der Waals surface area contributed by atoms with Crippen molar-refractivity contribution in [1.82, 2.24) is 14.7 Å². The van der Waals surface area contributed by atoms with E-state index in [0.717, 1.165) is 18.9 Å². The average molecular weight is 457 g/mol. The van der Waals surface area contributed by atoms with Crippen LogP contribution in [0.5, 0.6) is 11.5 Å². The molecule has 1 aliphatic rings. The normalized spacial score (nSPS) is 15.7. The molecule has 0 radical (unpaired) electrons. The number of nitrogens with zero attached hydrogens (tertiary/aromatic N) is 4. The van der Waals surface area contributed by atoms with E-state index in [2.05, 4.69) is 5.10 Å². The highest BCUT2D eigenvalue weighted by atomic mass is 16.5. The second kappa shape index (κ2) is 9.92. The molecule has 0 saturated carbocycles. The number of piperidine rings is 1. The number of nitrogen functional groups attached to an aromatic ring is 1. The van der Waals surface area contributed by atoms with Crippen molar-refractivity contribution in [1.29, 1.82) is 5.26 Å². The molecule has 4 rings (SSSR count). The smallest absolute Gasteiger partial charge is 0.254 e. The summed E-state index contributed by atoms with van der Waals surface area (Å²) in [7, 11) is 0. The van der Waals surface area contributed by atoms with Gasteiger partial charge in [0, 0.05) is 30.8 Å². The number of hydrogen-bond acceptors (Lipinski definition) is 6. The summed E-state index contributed by atoms with van der Waals surface area (Å²) in [5.74, 6) is 0.585. The third kappa shape index (κ3) is 4.76. The molecule has 0 bridgehead atoms. The molecule has 34 heavy (non-hydrogen) atoms. The predicted molar refractivity (Wildman–Crippen MR) is 127 cm³/mol. The molecule has 2 amide bonds. The first kappa shape index (κ1) is 22.6. The highest BCUT2D eigenvalue weighted by Crippen LogP contribution is 2.33. The number of aromatic nitrogens is 2. The summed E-state index contributed by atoms with van der Waals surface area (Å²) in [6, 6.07) is 18.1. The van der Waals surface area contributed by atoms with Crippen LogP contribution >= 0.6 is 0 Å². The fourth-order valence-electron chi connectivity index (χ4n) is 4.04.